The van der Waals surface area contributed by atoms with E-state index < -0.39 is 24.3 Å². The third kappa shape index (κ3) is 4.60. The van der Waals surface area contributed by atoms with E-state index in [4.69, 9.17) is 5.11 Å². The minimum atomic E-state index is -2.67. The fourth-order valence-electron chi connectivity index (χ4n) is 1.75. The Hall–Kier alpha value is -1.98. The van der Waals surface area contributed by atoms with E-state index >= 15 is 0 Å². The molecule has 0 fully saturated rings. The van der Waals surface area contributed by atoms with Gasteiger partial charge in [-0.05, 0) is 24.5 Å². The number of carboxylic acid groups (broad SMARTS) is 1. The van der Waals surface area contributed by atoms with Crippen LogP contribution in [0.25, 0.3) is 0 Å². The van der Waals surface area contributed by atoms with Gasteiger partial charge in [-0.2, -0.15) is 0 Å². The summed E-state index contributed by atoms with van der Waals surface area (Å²) in [5.74, 6) is -1.72. The first-order valence-corrected chi connectivity index (χ1v) is 6.23. The third-order valence-electron chi connectivity index (χ3n) is 2.71. The van der Waals surface area contributed by atoms with Gasteiger partial charge in [-0.25, -0.2) is 13.6 Å². The molecule has 1 atom stereocenters. The molecule has 0 bridgehead atoms. The highest BCUT2D eigenvalue weighted by atomic mass is 19.3. The van der Waals surface area contributed by atoms with Crippen LogP contribution in [0, 0.1) is 5.92 Å². The average molecular weight is 285 g/mol. The van der Waals surface area contributed by atoms with Crippen LogP contribution < -0.4 is 5.32 Å². The zero-order chi connectivity index (χ0) is 15.3. The summed E-state index contributed by atoms with van der Waals surface area (Å²) in [6.07, 6.45) is -2.40. The molecule has 0 aromatic heterocycles. The molecule has 4 nitrogen and oxygen atoms in total. The number of carboxylic acids is 1. The molecule has 0 aliphatic rings. The Morgan fingerprint density at radius 3 is 2.45 bits per heavy atom. The van der Waals surface area contributed by atoms with Gasteiger partial charge in [0, 0.05) is 11.1 Å². The highest BCUT2D eigenvalue weighted by Gasteiger charge is 2.22. The Balaban J connectivity index is 2.83. The van der Waals surface area contributed by atoms with Gasteiger partial charge >= 0.3 is 5.97 Å². The van der Waals surface area contributed by atoms with Crippen molar-refractivity contribution in [2.45, 2.75) is 32.7 Å². The second-order valence-corrected chi connectivity index (χ2v) is 4.92. The van der Waals surface area contributed by atoms with Gasteiger partial charge in [-0.1, -0.05) is 26.0 Å². The highest BCUT2D eigenvalue weighted by Crippen LogP contribution is 2.19. The molecule has 2 N–H and O–H groups in total. The fourth-order valence-corrected chi connectivity index (χ4v) is 1.75. The number of alkyl halides is 2. The van der Waals surface area contributed by atoms with Gasteiger partial charge in [0.25, 0.3) is 12.3 Å². The molecule has 20 heavy (non-hydrogen) atoms. The molecule has 0 saturated carbocycles. The minimum absolute atomic E-state index is 0.0257. The molecular weight excluding hydrogens is 268 g/mol. The molecule has 6 heteroatoms. The van der Waals surface area contributed by atoms with Crippen LogP contribution in [0.4, 0.5) is 8.78 Å². The van der Waals surface area contributed by atoms with Crippen LogP contribution in [-0.2, 0) is 4.79 Å². The summed E-state index contributed by atoms with van der Waals surface area (Å²) in [7, 11) is 0. The number of carbonyl (C=O) groups is 2. The number of rotatable bonds is 6. The number of aliphatic carboxylic acids is 1. The standard InChI is InChI=1S/C14H17F2NO3/c1-8(2)6-11(14(19)20)17-13(18)10-5-3-4-9(7-10)12(15)16/h3-5,7-8,11-12H,6H2,1-2H3,(H,17,18)(H,19,20)/t11-/m0/s1. The van der Waals surface area contributed by atoms with Gasteiger partial charge < -0.3 is 10.4 Å². The average Bonchev–Trinajstić information content (AvgIpc) is 2.37. The van der Waals surface area contributed by atoms with E-state index in [1.54, 1.807) is 0 Å². The Kier molecular flexibility index (Phi) is 5.61. The predicted molar refractivity (Wildman–Crippen MR) is 69.7 cm³/mol. The number of hydrogen-bond acceptors (Lipinski definition) is 2. The molecule has 0 unspecified atom stereocenters. The summed E-state index contributed by atoms with van der Waals surface area (Å²) in [4.78, 5) is 22.9. The number of amides is 1. The molecule has 0 radical (unpaired) electrons. The van der Waals surface area contributed by atoms with E-state index in [1.165, 1.54) is 18.2 Å². The number of benzene rings is 1. The summed E-state index contributed by atoms with van der Waals surface area (Å²) in [5.41, 5.74) is -0.244. The number of hydrogen-bond donors (Lipinski definition) is 2. The fraction of sp³-hybridized carbons (Fsp3) is 0.429. The Bertz CT molecular complexity index is 489. The van der Waals surface area contributed by atoms with Gasteiger partial charge in [-0.15, -0.1) is 0 Å². The highest BCUT2D eigenvalue weighted by molar-refractivity contribution is 5.96. The van der Waals surface area contributed by atoms with Crippen molar-refractivity contribution in [3.05, 3.63) is 35.4 Å². The van der Waals surface area contributed by atoms with Crippen molar-refractivity contribution in [3.63, 3.8) is 0 Å². The lowest BCUT2D eigenvalue weighted by molar-refractivity contribution is -0.139. The largest absolute Gasteiger partial charge is 0.480 e. The third-order valence-corrected chi connectivity index (χ3v) is 2.71. The first-order valence-electron chi connectivity index (χ1n) is 6.23. The monoisotopic (exact) mass is 285 g/mol. The molecule has 0 saturated heterocycles. The molecule has 0 heterocycles. The molecule has 0 aliphatic carbocycles. The maximum Gasteiger partial charge on any atom is 0.326 e. The van der Waals surface area contributed by atoms with Crippen molar-refractivity contribution in [2.75, 3.05) is 0 Å². The zero-order valence-corrected chi connectivity index (χ0v) is 11.3. The van der Waals surface area contributed by atoms with Crippen LogP contribution >= 0.6 is 0 Å². The van der Waals surface area contributed by atoms with Crippen molar-refractivity contribution < 1.29 is 23.5 Å². The number of carbonyl (C=O) groups excluding carboxylic acids is 1. The normalized spacial score (nSPS) is 12.5. The first kappa shape index (κ1) is 16.1. The number of nitrogens with one attached hydrogen (secondary N) is 1. The molecule has 1 aromatic carbocycles. The van der Waals surface area contributed by atoms with Crippen LogP contribution in [0.2, 0.25) is 0 Å². The van der Waals surface area contributed by atoms with Crippen molar-refractivity contribution in [3.8, 4) is 0 Å². The summed E-state index contributed by atoms with van der Waals surface area (Å²) < 4.78 is 25.1. The summed E-state index contributed by atoms with van der Waals surface area (Å²) in [6, 6.07) is 3.96. The number of halogens is 2. The summed E-state index contributed by atoms with van der Waals surface area (Å²) >= 11 is 0. The van der Waals surface area contributed by atoms with E-state index in [9.17, 15) is 18.4 Å². The Morgan fingerprint density at radius 2 is 1.95 bits per heavy atom. The van der Waals surface area contributed by atoms with Crippen molar-refractivity contribution in [1.29, 1.82) is 0 Å². The molecule has 1 aromatic rings. The first-order chi connectivity index (χ1) is 9.31. The molecule has 0 aliphatic heterocycles. The van der Waals surface area contributed by atoms with Crippen LogP contribution in [0.15, 0.2) is 24.3 Å². The van der Waals surface area contributed by atoms with E-state index in [2.05, 4.69) is 5.32 Å². The maximum absolute atomic E-state index is 12.5. The topological polar surface area (TPSA) is 66.4 Å². The lowest BCUT2D eigenvalue weighted by Gasteiger charge is -2.16. The quantitative estimate of drug-likeness (QED) is 0.844. The van der Waals surface area contributed by atoms with E-state index in [1.807, 2.05) is 13.8 Å². The smallest absolute Gasteiger partial charge is 0.326 e. The maximum atomic E-state index is 12.5. The Labute approximate surface area is 115 Å². The molecule has 1 rings (SSSR count). The van der Waals surface area contributed by atoms with Crippen LogP contribution in [0.3, 0.4) is 0 Å². The van der Waals surface area contributed by atoms with E-state index in [-0.39, 0.29) is 23.5 Å². The van der Waals surface area contributed by atoms with Crippen molar-refractivity contribution >= 4 is 11.9 Å². The van der Waals surface area contributed by atoms with Crippen LogP contribution in [0.1, 0.15) is 42.6 Å². The van der Waals surface area contributed by atoms with Gasteiger partial charge in [0.2, 0.25) is 0 Å². The summed E-state index contributed by atoms with van der Waals surface area (Å²) in [5, 5.41) is 11.4. The van der Waals surface area contributed by atoms with Gasteiger partial charge in [0.15, 0.2) is 0 Å². The summed E-state index contributed by atoms with van der Waals surface area (Å²) in [6.45, 7) is 3.67. The van der Waals surface area contributed by atoms with Gasteiger partial charge in [0.05, 0.1) is 0 Å². The lowest BCUT2D eigenvalue weighted by atomic mass is 10.0. The zero-order valence-electron chi connectivity index (χ0n) is 11.3. The van der Waals surface area contributed by atoms with Crippen LogP contribution in [-0.4, -0.2) is 23.0 Å². The van der Waals surface area contributed by atoms with Crippen molar-refractivity contribution in [2.24, 2.45) is 5.92 Å². The van der Waals surface area contributed by atoms with Crippen LogP contribution in [0.5, 0.6) is 0 Å². The molecule has 1 amide bonds. The Morgan fingerprint density at radius 1 is 1.30 bits per heavy atom. The lowest BCUT2D eigenvalue weighted by Crippen LogP contribution is -2.41. The van der Waals surface area contributed by atoms with Gasteiger partial charge in [-0.3, -0.25) is 4.79 Å². The minimum Gasteiger partial charge on any atom is -0.480 e. The second kappa shape index (κ2) is 6.98. The van der Waals surface area contributed by atoms with E-state index in [0.29, 0.717) is 0 Å². The van der Waals surface area contributed by atoms with Crippen molar-refractivity contribution in [1.82, 2.24) is 5.32 Å². The molecule has 0 spiro atoms. The molecule has 110 valence electrons. The van der Waals surface area contributed by atoms with E-state index in [0.717, 1.165) is 6.07 Å². The predicted octanol–water partition coefficient (Wildman–Crippen LogP) is 2.85. The SMILES string of the molecule is CC(C)C[C@H](NC(=O)c1cccc(C(F)F)c1)C(=O)O. The van der Waals surface area contributed by atoms with Gasteiger partial charge in [0.1, 0.15) is 6.04 Å². The molecular formula is C14H17F2NO3. The second-order valence-electron chi connectivity index (χ2n) is 4.92.